The van der Waals surface area contributed by atoms with Gasteiger partial charge in [0.2, 0.25) is 0 Å². The lowest BCUT2D eigenvalue weighted by Crippen LogP contribution is -2.21. The molecule has 15 heteroatoms. The summed E-state index contributed by atoms with van der Waals surface area (Å²) in [5.41, 5.74) is 2.15. The van der Waals surface area contributed by atoms with E-state index in [9.17, 15) is 21.6 Å². The number of thiazole rings is 1. The van der Waals surface area contributed by atoms with Crippen LogP contribution in [0.15, 0.2) is 57.7 Å². The van der Waals surface area contributed by atoms with Crippen molar-refractivity contribution in [2.75, 3.05) is 12.9 Å². The Bertz CT molecular complexity index is 1770. The summed E-state index contributed by atoms with van der Waals surface area (Å²) in [6, 6.07) is 10.7. The average Bonchev–Trinajstić information content (AvgIpc) is 3.38. The summed E-state index contributed by atoms with van der Waals surface area (Å²) in [5.74, 6) is 0.432. The van der Waals surface area contributed by atoms with E-state index < -0.39 is 27.6 Å². The smallest absolute Gasteiger partial charge is 0.490 e. The number of rotatable bonds is 8. The zero-order valence-corrected chi connectivity index (χ0v) is 23.0. The maximum atomic E-state index is 11.8. The molecule has 0 radical (unpaired) electrons. The molecule has 0 spiro atoms. The first-order valence-corrected chi connectivity index (χ1v) is 14.5. The molecule has 5 rings (SSSR count). The molecule has 0 unspecified atom stereocenters. The van der Waals surface area contributed by atoms with Gasteiger partial charge in [0, 0.05) is 37.3 Å². The van der Waals surface area contributed by atoms with Gasteiger partial charge >= 0.3 is 12.1 Å². The van der Waals surface area contributed by atoms with Gasteiger partial charge in [-0.1, -0.05) is 29.0 Å². The zero-order chi connectivity index (χ0) is 29.3. The predicted octanol–water partition coefficient (Wildman–Crippen LogP) is 6.25. The molecule has 40 heavy (non-hydrogen) atoms. The number of aliphatic carboxylic acids is 1. The Hall–Kier alpha value is -3.67. The Morgan fingerprint density at radius 1 is 1.23 bits per heavy atom. The van der Waals surface area contributed by atoms with Gasteiger partial charge in [-0.25, -0.2) is 18.2 Å². The highest BCUT2D eigenvalue weighted by Crippen LogP contribution is 2.38. The average molecular weight is 613 g/mol. The molecule has 0 saturated carbocycles. The van der Waals surface area contributed by atoms with Crippen molar-refractivity contribution in [3.8, 4) is 29.4 Å². The van der Waals surface area contributed by atoms with Crippen LogP contribution in [-0.2, 0) is 14.6 Å². The number of nitrogens with zero attached hydrogens (tertiary/aromatic N) is 4. The Kier molecular flexibility index (Phi) is 8.11. The van der Waals surface area contributed by atoms with E-state index in [4.69, 9.17) is 37.6 Å². The zero-order valence-electron chi connectivity index (χ0n) is 20.6. The fourth-order valence-electron chi connectivity index (χ4n) is 3.62. The van der Waals surface area contributed by atoms with Gasteiger partial charge in [0.05, 0.1) is 32.4 Å². The van der Waals surface area contributed by atoms with Crippen molar-refractivity contribution in [3.63, 3.8) is 0 Å². The van der Waals surface area contributed by atoms with Gasteiger partial charge in [0.1, 0.15) is 5.75 Å². The van der Waals surface area contributed by atoms with Gasteiger partial charge in [-0.15, -0.1) is 12.3 Å². The maximum Gasteiger partial charge on any atom is 0.490 e. The monoisotopic (exact) mass is 612 g/mol. The second kappa shape index (κ2) is 11.1. The standard InChI is InChI=1S/C23H19ClN4O3S2.C2HF3O2/c1-3-4-9-23(26-27-23)10-11-31-20-12-15(5-7-17(20)24)18-14-28-19-8-6-16(33(2,29)30)13-21(19)32-22(28)25-18;3-2(4,5)1(6)7/h1,5-8,12-14H,4,9-11H2,2H3;(H,6,7). The molecule has 1 aliphatic heterocycles. The number of sulfone groups is 1. The molecule has 210 valence electrons. The van der Waals surface area contributed by atoms with Crippen LogP contribution < -0.4 is 4.74 Å². The third-order valence-corrected chi connectivity index (χ3v) is 8.22. The Morgan fingerprint density at radius 2 is 1.93 bits per heavy atom. The van der Waals surface area contributed by atoms with Crippen molar-refractivity contribution >= 4 is 53.9 Å². The van der Waals surface area contributed by atoms with Crippen LogP contribution in [0.4, 0.5) is 13.2 Å². The van der Waals surface area contributed by atoms with Crippen molar-refractivity contribution in [1.29, 1.82) is 0 Å². The molecule has 3 heterocycles. The number of hydrogen-bond acceptors (Lipinski definition) is 8. The molecule has 9 nitrogen and oxygen atoms in total. The number of carboxylic acids is 1. The van der Waals surface area contributed by atoms with Crippen LogP contribution in [0.25, 0.3) is 26.4 Å². The van der Waals surface area contributed by atoms with Crippen molar-refractivity contribution in [3.05, 3.63) is 47.6 Å². The fraction of sp³-hybridized carbons (Fsp3) is 0.280. The van der Waals surface area contributed by atoms with Gasteiger partial charge in [-0.3, -0.25) is 4.40 Å². The molecule has 1 aliphatic rings. The van der Waals surface area contributed by atoms with E-state index in [-0.39, 0.29) is 0 Å². The summed E-state index contributed by atoms with van der Waals surface area (Å²) < 4.78 is 64.2. The van der Waals surface area contributed by atoms with Crippen LogP contribution in [0.1, 0.15) is 19.3 Å². The Morgan fingerprint density at radius 3 is 2.52 bits per heavy atom. The summed E-state index contributed by atoms with van der Waals surface area (Å²) in [4.78, 5) is 14.7. The first-order chi connectivity index (χ1) is 18.7. The minimum absolute atomic E-state index is 0.298. The molecule has 4 aromatic rings. The molecular weight excluding hydrogens is 593 g/mol. The lowest BCUT2D eigenvalue weighted by atomic mass is 10.1. The minimum Gasteiger partial charge on any atom is -0.492 e. The normalized spacial score (nSPS) is 14.0. The molecule has 0 aliphatic carbocycles. The highest BCUT2D eigenvalue weighted by molar-refractivity contribution is 7.90. The lowest BCUT2D eigenvalue weighted by Gasteiger charge is -2.12. The minimum atomic E-state index is -5.08. The number of alkyl halides is 3. The first-order valence-electron chi connectivity index (χ1n) is 11.4. The Labute approximate surface area is 235 Å². The Balaban J connectivity index is 0.000000470. The van der Waals surface area contributed by atoms with Gasteiger partial charge < -0.3 is 9.84 Å². The SMILES string of the molecule is C#CCCC1(CCOc2cc(-c3cn4c(n3)sc3cc(S(C)(=O)=O)ccc34)ccc2Cl)N=N1.O=C(O)C(F)(F)F. The van der Waals surface area contributed by atoms with Crippen molar-refractivity contribution in [1.82, 2.24) is 9.38 Å². The number of ether oxygens (including phenoxy) is 1. The number of aromatic nitrogens is 2. The number of benzene rings is 2. The highest BCUT2D eigenvalue weighted by atomic mass is 35.5. The number of terminal acetylenes is 1. The third-order valence-electron chi connectivity index (χ3n) is 5.78. The van der Waals surface area contributed by atoms with Crippen LogP contribution in [0.3, 0.4) is 0 Å². The largest absolute Gasteiger partial charge is 0.492 e. The second-order valence-corrected chi connectivity index (χ2v) is 12.1. The van der Waals surface area contributed by atoms with Crippen molar-refractivity contribution < 1.29 is 36.2 Å². The van der Waals surface area contributed by atoms with E-state index in [2.05, 4.69) is 16.1 Å². The highest BCUT2D eigenvalue weighted by Gasteiger charge is 2.39. The molecule has 0 bridgehead atoms. The summed E-state index contributed by atoms with van der Waals surface area (Å²) in [7, 11) is -3.26. The van der Waals surface area contributed by atoms with Gasteiger partial charge in [0.15, 0.2) is 20.5 Å². The summed E-state index contributed by atoms with van der Waals surface area (Å²) in [5, 5.41) is 15.9. The van der Waals surface area contributed by atoms with Crippen LogP contribution >= 0.6 is 22.9 Å². The molecule has 0 saturated heterocycles. The van der Waals surface area contributed by atoms with Crippen molar-refractivity contribution in [2.24, 2.45) is 10.2 Å². The third kappa shape index (κ3) is 6.72. The fourth-order valence-corrected chi connectivity index (χ4v) is 5.56. The van der Waals surface area contributed by atoms with E-state index >= 15 is 0 Å². The van der Waals surface area contributed by atoms with Gasteiger partial charge in [0.25, 0.3) is 0 Å². The van der Waals surface area contributed by atoms with E-state index in [0.717, 1.165) is 32.9 Å². The number of carbonyl (C=O) groups is 1. The maximum absolute atomic E-state index is 11.8. The van der Waals surface area contributed by atoms with Crippen LogP contribution in [0.5, 0.6) is 5.75 Å². The number of carboxylic acid groups (broad SMARTS) is 1. The molecule has 2 aromatic heterocycles. The number of hydrogen-bond donors (Lipinski definition) is 1. The van der Waals surface area contributed by atoms with Crippen LogP contribution in [0, 0.1) is 12.3 Å². The molecule has 0 amide bonds. The molecule has 0 atom stereocenters. The van der Waals surface area contributed by atoms with E-state index in [1.807, 2.05) is 22.7 Å². The van der Waals surface area contributed by atoms with E-state index in [0.29, 0.717) is 35.1 Å². The summed E-state index contributed by atoms with van der Waals surface area (Å²) >= 11 is 7.79. The predicted molar refractivity (Wildman–Crippen MR) is 144 cm³/mol. The number of fused-ring (bicyclic) bond motifs is 3. The summed E-state index contributed by atoms with van der Waals surface area (Å²) in [6.45, 7) is 0.423. The quantitative estimate of drug-likeness (QED) is 0.235. The van der Waals surface area contributed by atoms with Crippen LogP contribution in [0.2, 0.25) is 5.02 Å². The number of halogens is 4. The topological polar surface area (TPSA) is 123 Å². The van der Waals surface area contributed by atoms with Crippen LogP contribution in [-0.4, -0.2) is 53.6 Å². The molecule has 1 N–H and O–H groups in total. The number of imidazole rings is 1. The van der Waals surface area contributed by atoms with Crippen molar-refractivity contribution in [2.45, 2.75) is 36.0 Å². The summed E-state index contributed by atoms with van der Waals surface area (Å²) in [6.07, 6.45) is 5.39. The van der Waals surface area contributed by atoms with Gasteiger partial charge in [-0.2, -0.15) is 23.4 Å². The molecular formula is C25H20ClF3N4O5S2. The second-order valence-electron chi connectivity index (χ2n) is 8.72. The lowest BCUT2D eigenvalue weighted by molar-refractivity contribution is -0.192. The molecule has 2 aromatic carbocycles. The molecule has 0 fully saturated rings. The first kappa shape index (κ1) is 29.3. The van der Waals surface area contributed by atoms with E-state index in [1.165, 1.54) is 17.6 Å². The van der Waals surface area contributed by atoms with E-state index in [1.54, 1.807) is 24.3 Å². The van der Waals surface area contributed by atoms with Gasteiger partial charge in [-0.05, 0) is 30.3 Å².